The summed E-state index contributed by atoms with van der Waals surface area (Å²) in [6, 6.07) is 5.10. The first-order valence-corrected chi connectivity index (χ1v) is 10.9. The number of hydrogen-bond donors (Lipinski definition) is 1. The highest BCUT2D eigenvalue weighted by molar-refractivity contribution is 7.89. The molecule has 3 rings (SSSR count). The number of ether oxygens (including phenoxy) is 2. The topological polar surface area (TPSA) is 84.9 Å². The summed E-state index contributed by atoms with van der Waals surface area (Å²) in [6.07, 6.45) is 3.40. The average Bonchev–Trinajstić information content (AvgIpc) is 3.19. The van der Waals surface area contributed by atoms with Crippen LogP contribution in [0, 0.1) is 12.8 Å². The van der Waals surface area contributed by atoms with Crippen LogP contribution in [0.1, 0.15) is 31.2 Å². The van der Waals surface area contributed by atoms with Crippen LogP contribution < -0.4 is 10.1 Å². The van der Waals surface area contributed by atoms with Crippen LogP contribution >= 0.6 is 0 Å². The highest BCUT2D eigenvalue weighted by Gasteiger charge is 2.35. The number of hydrogen-bond acceptors (Lipinski definition) is 5. The number of rotatable bonds is 6. The van der Waals surface area contributed by atoms with E-state index >= 15 is 0 Å². The molecule has 2 saturated heterocycles. The van der Waals surface area contributed by atoms with Gasteiger partial charge in [0.15, 0.2) is 0 Å². The lowest BCUT2D eigenvalue weighted by atomic mass is 9.99. The second-order valence-electron chi connectivity index (χ2n) is 7.24. The molecule has 2 heterocycles. The van der Waals surface area contributed by atoms with E-state index in [1.165, 1.54) is 11.4 Å². The van der Waals surface area contributed by atoms with Gasteiger partial charge in [-0.1, -0.05) is 6.07 Å². The van der Waals surface area contributed by atoms with Gasteiger partial charge >= 0.3 is 0 Å². The van der Waals surface area contributed by atoms with E-state index in [0.29, 0.717) is 31.7 Å². The van der Waals surface area contributed by atoms with E-state index in [2.05, 4.69) is 5.32 Å². The number of methoxy groups -OCH3 is 1. The fourth-order valence-electron chi connectivity index (χ4n) is 3.66. The molecule has 8 heteroatoms. The standard InChI is InChI=1S/C19H28N2O5S/c1-14-7-8-17(25-2)18(11-14)27(23,24)21-9-3-5-15(13-21)19(22)20-12-16-6-4-10-26-16/h7-8,11,15-16H,3-6,9-10,12-13H2,1-2H3,(H,20,22)/t15-,16+/m1/s1. The Hall–Kier alpha value is -1.64. The van der Waals surface area contributed by atoms with Crippen LogP contribution in [0.25, 0.3) is 0 Å². The van der Waals surface area contributed by atoms with Crippen LogP contribution in [0.3, 0.4) is 0 Å². The number of nitrogens with zero attached hydrogens (tertiary/aromatic N) is 1. The van der Waals surface area contributed by atoms with E-state index in [1.54, 1.807) is 12.1 Å². The fourth-order valence-corrected chi connectivity index (χ4v) is 5.43. The zero-order valence-corrected chi connectivity index (χ0v) is 16.8. The van der Waals surface area contributed by atoms with E-state index in [1.807, 2.05) is 13.0 Å². The van der Waals surface area contributed by atoms with Crippen LogP contribution in [-0.4, -0.2) is 58.1 Å². The molecule has 0 radical (unpaired) electrons. The van der Waals surface area contributed by atoms with Crippen molar-refractivity contribution in [1.29, 1.82) is 0 Å². The first-order valence-electron chi connectivity index (χ1n) is 9.46. The summed E-state index contributed by atoms with van der Waals surface area (Å²) < 4.78 is 38.5. The van der Waals surface area contributed by atoms with E-state index in [4.69, 9.17) is 9.47 Å². The number of carbonyl (C=O) groups is 1. The summed E-state index contributed by atoms with van der Waals surface area (Å²) in [5, 5.41) is 2.93. The van der Waals surface area contributed by atoms with E-state index in [9.17, 15) is 13.2 Å². The number of sulfonamides is 1. The van der Waals surface area contributed by atoms with Crippen molar-refractivity contribution >= 4 is 15.9 Å². The molecule has 150 valence electrons. The third kappa shape index (κ3) is 4.62. The summed E-state index contributed by atoms with van der Waals surface area (Å²) in [6.45, 7) is 3.68. The molecule has 1 aromatic carbocycles. The zero-order chi connectivity index (χ0) is 19.4. The lowest BCUT2D eigenvalue weighted by molar-refractivity contribution is -0.126. The number of amides is 1. The van der Waals surface area contributed by atoms with Crippen molar-refractivity contribution in [1.82, 2.24) is 9.62 Å². The van der Waals surface area contributed by atoms with E-state index in [0.717, 1.165) is 25.0 Å². The maximum absolute atomic E-state index is 13.1. The molecule has 0 unspecified atom stereocenters. The number of nitrogens with one attached hydrogen (secondary N) is 1. The van der Waals surface area contributed by atoms with Gasteiger partial charge in [0.05, 0.1) is 19.1 Å². The molecule has 2 fully saturated rings. The Morgan fingerprint density at radius 1 is 1.33 bits per heavy atom. The molecule has 1 N–H and O–H groups in total. The minimum Gasteiger partial charge on any atom is -0.495 e. The Morgan fingerprint density at radius 2 is 2.15 bits per heavy atom. The molecule has 0 aliphatic carbocycles. The van der Waals surface area contributed by atoms with Crippen molar-refractivity contribution in [2.45, 2.75) is 43.6 Å². The van der Waals surface area contributed by atoms with Crippen molar-refractivity contribution < 1.29 is 22.7 Å². The molecule has 7 nitrogen and oxygen atoms in total. The first-order chi connectivity index (χ1) is 12.9. The molecule has 2 aliphatic heterocycles. The number of piperidine rings is 1. The van der Waals surface area contributed by atoms with Crippen molar-refractivity contribution in [3.8, 4) is 5.75 Å². The molecular weight excluding hydrogens is 368 g/mol. The van der Waals surface area contributed by atoms with Gasteiger partial charge in [-0.2, -0.15) is 4.31 Å². The SMILES string of the molecule is COc1ccc(C)cc1S(=O)(=O)N1CCC[C@@H](C(=O)NC[C@@H]2CCCO2)C1. The van der Waals surface area contributed by atoms with Crippen LogP contribution in [0.2, 0.25) is 0 Å². The molecule has 0 aromatic heterocycles. The Morgan fingerprint density at radius 3 is 2.85 bits per heavy atom. The molecule has 0 bridgehead atoms. The molecule has 1 amide bonds. The van der Waals surface area contributed by atoms with Crippen molar-refractivity contribution in [3.63, 3.8) is 0 Å². The van der Waals surface area contributed by atoms with E-state index in [-0.39, 0.29) is 29.4 Å². The van der Waals surface area contributed by atoms with Crippen molar-refractivity contribution in [3.05, 3.63) is 23.8 Å². The van der Waals surface area contributed by atoms with Gasteiger partial charge in [0.2, 0.25) is 15.9 Å². The normalized spacial score (nSPS) is 23.9. The summed E-state index contributed by atoms with van der Waals surface area (Å²) in [7, 11) is -2.26. The largest absolute Gasteiger partial charge is 0.495 e. The summed E-state index contributed by atoms with van der Waals surface area (Å²) in [5.41, 5.74) is 0.845. The van der Waals surface area contributed by atoms with Gasteiger partial charge in [0, 0.05) is 26.2 Å². The maximum Gasteiger partial charge on any atom is 0.246 e. The van der Waals surface area contributed by atoms with Crippen LogP contribution in [0.5, 0.6) is 5.75 Å². The van der Waals surface area contributed by atoms with Gasteiger partial charge in [-0.05, 0) is 50.3 Å². The Labute approximate surface area is 161 Å². The monoisotopic (exact) mass is 396 g/mol. The highest BCUT2D eigenvalue weighted by atomic mass is 32.2. The lowest BCUT2D eigenvalue weighted by Gasteiger charge is -2.31. The molecule has 0 saturated carbocycles. The summed E-state index contributed by atoms with van der Waals surface area (Å²) in [5.74, 6) is -0.113. The van der Waals surface area contributed by atoms with Gasteiger partial charge < -0.3 is 14.8 Å². The smallest absolute Gasteiger partial charge is 0.246 e. The number of aryl methyl sites for hydroxylation is 1. The lowest BCUT2D eigenvalue weighted by Crippen LogP contribution is -2.46. The van der Waals surface area contributed by atoms with Gasteiger partial charge in [0.1, 0.15) is 10.6 Å². The predicted octanol–water partition coefficient (Wildman–Crippen LogP) is 1.70. The quantitative estimate of drug-likeness (QED) is 0.791. The highest BCUT2D eigenvalue weighted by Crippen LogP contribution is 2.30. The molecule has 2 atom stereocenters. The molecular formula is C19H28N2O5S. The molecule has 0 spiro atoms. The third-order valence-corrected chi connectivity index (χ3v) is 7.11. The second kappa shape index (κ2) is 8.58. The zero-order valence-electron chi connectivity index (χ0n) is 15.9. The van der Waals surface area contributed by atoms with Gasteiger partial charge in [-0.15, -0.1) is 0 Å². The number of benzene rings is 1. The summed E-state index contributed by atoms with van der Waals surface area (Å²) in [4.78, 5) is 12.7. The molecule has 2 aliphatic rings. The number of carbonyl (C=O) groups excluding carboxylic acids is 1. The van der Waals surface area contributed by atoms with Crippen molar-refractivity contribution in [2.75, 3.05) is 33.4 Å². The average molecular weight is 397 g/mol. The van der Waals surface area contributed by atoms with Crippen LogP contribution in [0.4, 0.5) is 0 Å². The minimum atomic E-state index is -3.72. The molecule has 1 aromatic rings. The first kappa shape index (κ1) is 20.1. The van der Waals surface area contributed by atoms with E-state index < -0.39 is 10.0 Å². The maximum atomic E-state index is 13.1. The van der Waals surface area contributed by atoms with Gasteiger partial charge in [0.25, 0.3) is 0 Å². The fraction of sp³-hybridized carbons (Fsp3) is 0.632. The van der Waals surface area contributed by atoms with Crippen molar-refractivity contribution in [2.24, 2.45) is 5.92 Å². The van der Waals surface area contributed by atoms with Crippen LogP contribution in [-0.2, 0) is 19.6 Å². The second-order valence-corrected chi connectivity index (χ2v) is 9.14. The molecule has 27 heavy (non-hydrogen) atoms. The minimum absolute atomic E-state index is 0.0777. The predicted molar refractivity (Wildman–Crippen MR) is 101 cm³/mol. The third-order valence-electron chi connectivity index (χ3n) is 5.22. The summed E-state index contributed by atoms with van der Waals surface area (Å²) >= 11 is 0. The van der Waals surface area contributed by atoms with Crippen LogP contribution in [0.15, 0.2) is 23.1 Å². The Bertz CT molecular complexity index is 774. The Balaban J connectivity index is 1.69. The Kier molecular flexibility index (Phi) is 6.39. The van der Waals surface area contributed by atoms with Gasteiger partial charge in [-0.25, -0.2) is 8.42 Å². The van der Waals surface area contributed by atoms with Gasteiger partial charge in [-0.3, -0.25) is 4.79 Å².